The summed E-state index contributed by atoms with van der Waals surface area (Å²) in [6.45, 7) is 0.447. The third-order valence-corrected chi connectivity index (χ3v) is 5.31. The molecule has 174 valence electrons. The summed E-state index contributed by atoms with van der Waals surface area (Å²) in [6.07, 6.45) is 1.69. The van der Waals surface area contributed by atoms with Gasteiger partial charge in [-0.05, 0) is 5.56 Å². The predicted octanol–water partition coefficient (Wildman–Crippen LogP) is 4.29. The van der Waals surface area contributed by atoms with Crippen LogP contribution in [0.1, 0.15) is 11.3 Å². The second-order valence-electron chi connectivity index (χ2n) is 7.78. The fourth-order valence-corrected chi connectivity index (χ4v) is 3.62. The van der Waals surface area contributed by atoms with E-state index in [0.29, 0.717) is 23.7 Å². The number of hydrogen-bond donors (Lipinski definition) is 1. The highest BCUT2D eigenvalue weighted by Gasteiger charge is 2.13. The van der Waals surface area contributed by atoms with Gasteiger partial charge in [0.05, 0.1) is 17.7 Å². The molecule has 0 radical (unpaired) electrons. The molecule has 0 bridgehead atoms. The maximum absolute atomic E-state index is 12.6. The summed E-state index contributed by atoms with van der Waals surface area (Å²) < 4.78 is 13.2. The molecule has 0 amide bonds. The second kappa shape index (κ2) is 9.10. The van der Waals surface area contributed by atoms with Crippen molar-refractivity contribution < 1.29 is 19.2 Å². The summed E-state index contributed by atoms with van der Waals surface area (Å²) >= 11 is 0. The number of aromatic hydroxyl groups is 1. The zero-order chi connectivity index (χ0) is 24.4. The Morgan fingerprint density at radius 2 is 1.83 bits per heavy atom. The highest BCUT2D eigenvalue weighted by atomic mass is 16.6. The van der Waals surface area contributed by atoms with Gasteiger partial charge in [0.1, 0.15) is 40.5 Å². The zero-order valence-electron chi connectivity index (χ0n) is 18.2. The average molecular weight is 470 g/mol. The molecule has 0 aliphatic carbocycles. The summed E-state index contributed by atoms with van der Waals surface area (Å²) in [4.78, 5) is 22.9. The number of phenolic OH excluding ortho intramolecular Hbond substituents is 1. The van der Waals surface area contributed by atoms with Gasteiger partial charge in [-0.15, -0.1) is 5.10 Å². The molecule has 0 atom stereocenters. The van der Waals surface area contributed by atoms with Crippen LogP contribution in [0, 0.1) is 10.1 Å². The normalized spacial score (nSPS) is 11.0. The minimum atomic E-state index is -0.451. The first kappa shape index (κ1) is 21.8. The van der Waals surface area contributed by atoms with Crippen LogP contribution in [0.4, 0.5) is 5.69 Å². The van der Waals surface area contributed by atoms with E-state index in [1.54, 1.807) is 29.1 Å². The summed E-state index contributed by atoms with van der Waals surface area (Å²) in [5.41, 5.74) is 1.97. The number of hydrogen-bond acceptors (Lipinski definition) is 8. The monoisotopic (exact) mass is 470 g/mol. The summed E-state index contributed by atoms with van der Waals surface area (Å²) in [5.74, 6) is 0.440. The number of nitro benzene ring substituents is 1. The molecule has 0 fully saturated rings. The van der Waals surface area contributed by atoms with Gasteiger partial charge < -0.3 is 14.3 Å². The van der Waals surface area contributed by atoms with Crippen molar-refractivity contribution in [2.45, 2.75) is 13.2 Å². The smallest absolute Gasteiger partial charge is 0.269 e. The number of non-ortho nitro benzene ring substituents is 1. The Hall–Kier alpha value is -4.99. The lowest BCUT2D eigenvalue weighted by atomic mass is 10.1. The zero-order valence-corrected chi connectivity index (χ0v) is 18.2. The van der Waals surface area contributed by atoms with Crippen molar-refractivity contribution in [2.75, 3.05) is 0 Å². The highest BCUT2D eigenvalue weighted by molar-refractivity contribution is 5.86. The van der Waals surface area contributed by atoms with Crippen LogP contribution in [0.5, 0.6) is 11.5 Å². The molecule has 5 aromatic rings. The molecular weight excluding hydrogens is 452 g/mol. The van der Waals surface area contributed by atoms with Gasteiger partial charge in [0.2, 0.25) is 0 Å². The molecule has 10 nitrogen and oxygen atoms in total. The third kappa shape index (κ3) is 4.71. The van der Waals surface area contributed by atoms with Crippen LogP contribution < -0.4 is 10.2 Å². The molecule has 0 aliphatic rings. The number of rotatable bonds is 7. The second-order valence-corrected chi connectivity index (χ2v) is 7.78. The molecule has 10 heteroatoms. The van der Waals surface area contributed by atoms with E-state index in [1.807, 2.05) is 30.3 Å². The highest BCUT2D eigenvalue weighted by Crippen LogP contribution is 2.31. The molecule has 0 unspecified atom stereocenters. The summed E-state index contributed by atoms with van der Waals surface area (Å²) in [5, 5.41) is 29.4. The summed E-state index contributed by atoms with van der Waals surface area (Å²) in [7, 11) is 0. The van der Waals surface area contributed by atoms with Crippen LogP contribution in [-0.2, 0) is 13.2 Å². The van der Waals surface area contributed by atoms with Crippen LogP contribution >= 0.6 is 0 Å². The number of phenols is 1. The first-order chi connectivity index (χ1) is 17.0. The topological polar surface area (TPSA) is 134 Å². The van der Waals surface area contributed by atoms with E-state index >= 15 is 0 Å². The molecule has 5 rings (SSSR count). The maximum atomic E-state index is 12.6. The molecule has 2 aromatic heterocycles. The van der Waals surface area contributed by atoms with Gasteiger partial charge in [-0.3, -0.25) is 14.9 Å². The molecule has 1 N–H and O–H groups in total. The number of nitrogens with zero attached hydrogens (tertiary/aromatic N) is 4. The minimum absolute atomic E-state index is 0.0202. The first-order valence-electron chi connectivity index (χ1n) is 10.6. The molecule has 0 spiro atoms. The van der Waals surface area contributed by atoms with Crippen molar-refractivity contribution in [1.82, 2.24) is 15.0 Å². The SMILES string of the molecule is O=c1cc(-c2ccccc2)oc2cc(OCc3cn(Cc4ccc([N+](=O)[O-])cc4)nn3)cc(O)c12. The molecule has 0 aliphatic heterocycles. The summed E-state index contributed by atoms with van der Waals surface area (Å²) in [6, 6.07) is 19.6. The Kier molecular flexibility index (Phi) is 5.68. The number of nitro groups is 1. The minimum Gasteiger partial charge on any atom is -0.507 e. The van der Waals surface area contributed by atoms with Gasteiger partial charge in [0.25, 0.3) is 5.69 Å². The molecule has 0 saturated carbocycles. The lowest BCUT2D eigenvalue weighted by Gasteiger charge is -2.08. The van der Waals surface area contributed by atoms with Crippen LogP contribution in [0.3, 0.4) is 0 Å². The Bertz CT molecular complexity index is 1580. The van der Waals surface area contributed by atoms with E-state index in [4.69, 9.17) is 9.15 Å². The number of benzene rings is 3. The van der Waals surface area contributed by atoms with Crippen molar-refractivity contribution >= 4 is 16.7 Å². The molecule has 0 saturated heterocycles. The molecule has 3 aromatic carbocycles. The van der Waals surface area contributed by atoms with Crippen LogP contribution in [-0.4, -0.2) is 25.0 Å². The van der Waals surface area contributed by atoms with Crippen LogP contribution in [0.15, 0.2) is 88.2 Å². The molecule has 2 heterocycles. The largest absolute Gasteiger partial charge is 0.507 e. The standard InChI is InChI=1S/C25H18N4O6/c30-21-10-20(11-24-25(21)22(31)12-23(35-24)17-4-2-1-3-5-17)34-15-18-14-28(27-26-18)13-16-6-8-19(9-7-16)29(32)33/h1-12,14,30H,13,15H2. The predicted molar refractivity (Wildman–Crippen MR) is 126 cm³/mol. The fourth-order valence-electron chi connectivity index (χ4n) is 3.62. The van der Waals surface area contributed by atoms with Crippen molar-refractivity contribution in [2.24, 2.45) is 0 Å². The maximum Gasteiger partial charge on any atom is 0.269 e. The lowest BCUT2D eigenvalue weighted by Crippen LogP contribution is -2.02. The van der Waals surface area contributed by atoms with E-state index in [2.05, 4.69) is 10.3 Å². The first-order valence-corrected chi connectivity index (χ1v) is 10.6. The Balaban J connectivity index is 1.32. The van der Waals surface area contributed by atoms with E-state index < -0.39 is 4.92 Å². The van der Waals surface area contributed by atoms with Crippen LogP contribution in [0.2, 0.25) is 0 Å². The average Bonchev–Trinajstić information content (AvgIpc) is 3.30. The Morgan fingerprint density at radius 3 is 2.57 bits per heavy atom. The van der Waals surface area contributed by atoms with Gasteiger partial charge in [-0.2, -0.15) is 0 Å². The number of fused-ring (bicyclic) bond motifs is 1. The Labute approximate surface area is 197 Å². The van der Waals surface area contributed by atoms with Crippen molar-refractivity contribution in [3.8, 4) is 22.8 Å². The van der Waals surface area contributed by atoms with E-state index in [1.165, 1.54) is 24.3 Å². The molecule has 35 heavy (non-hydrogen) atoms. The molecular formula is C25H18N4O6. The van der Waals surface area contributed by atoms with E-state index in [-0.39, 0.29) is 34.4 Å². The fraction of sp³-hybridized carbons (Fsp3) is 0.0800. The van der Waals surface area contributed by atoms with Crippen molar-refractivity contribution in [3.63, 3.8) is 0 Å². The van der Waals surface area contributed by atoms with Gasteiger partial charge in [-0.25, -0.2) is 4.68 Å². The lowest BCUT2D eigenvalue weighted by molar-refractivity contribution is -0.384. The number of aromatic nitrogens is 3. The van der Waals surface area contributed by atoms with Gasteiger partial charge in [-0.1, -0.05) is 47.7 Å². The van der Waals surface area contributed by atoms with E-state index in [0.717, 1.165) is 11.1 Å². The Morgan fingerprint density at radius 1 is 1.06 bits per heavy atom. The van der Waals surface area contributed by atoms with Gasteiger partial charge >= 0.3 is 0 Å². The van der Waals surface area contributed by atoms with E-state index in [9.17, 15) is 20.0 Å². The van der Waals surface area contributed by atoms with Crippen molar-refractivity contribution in [1.29, 1.82) is 0 Å². The van der Waals surface area contributed by atoms with Gasteiger partial charge in [0.15, 0.2) is 5.43 Å². The number of ether oxygens (including phenoxy) is 1. The van der Waals surface area contributed by atoms with Crippen molar-refractivity contribution in [3.05, 3.63) is 111 Å². The van der Waals surface area contributed by atoms with Gasteiger partial charge in [0, 0.05) is 35.9 Å². The quantitative estimate of drug-likeness (QED) is 0.275. The van der Waals surface area contributed by atoms with Crippen LogP contribution in [0.25, 0.3) is 22.3 Å². The third-order valence-electron chi connectivity index (χ3n) is 5.31.